The van der Waals surface area contributed by atoms with Crippen molar-refractivity contribution in [2.75, 3.05) is 0 Å². The summed E-state index contributed by atoms with van der Waals surface area (Å²) in [5.74, 6) is 0.0468. The molecular formula is C22H30N4O5S. The second-order valence-corrected chi connectivity index (χ2v) is 8.86. The van der Waals surface area contributed by atoms with Crippen LogP contribution in [0.3, 0.4) is 0 Å². The summed E-state index contributed by atoms with van der Waals surface area (Å²) in [6, 6.07) is 1.82. The lowest BCUT2D eigenvalue weighted by atomic mass is 9.85. The average Bonchev–Trinajstić information content (AvgIpc) is 3.38. The first-order chi connectivity index (χ1) is 15.2. The van der Waals surface area contributed by atoms with E-state index in [1.807, 2.05) is 25.5 Å². The van der Waals surface area contributed by atoms with Crippen LogP contribution in [0.4, 0.5) is 0 Å². The average molecular weight is 463 g/mol. The molecule has 1 saturated carbocycles. The van der Waals surface area contributed by atoms with Gasteiger partial charge in [-0.05, 0) is 56.5 Å². The normalized spacial score (nSPS) is 18.6. The highest BCUT2D eigenvalue weighted by molar-refractivity contribution is 7.12. The van der Waals surface area contributed by atoms with Crippen LogP contribution in [0.25, 0.3) is 0 Å². The molecule has 9 nitrogen and oxygen atoms in total. The number of nitrogens with zero attached hydrogens (tertiary/aromatic N) is 2. The van der Waals surface area contributed by atoms with Gasteiger partial charge in [0.15, 0.2) is 5.78 Å². The molecule has 2 aromatic heterocycles. The highest BCUT2D eigenvalue weighted by Gasteiger charge is 2.28. The molecule has 1 atom stereocenters. The summed E-state index contributed by atoms with van der Waals surface area (Å²) in [6.45, 7) is 3.24. The van der Waals surface area contributed by atoms with Gasteiger partial charge in [0, 0.05) is 30.8 Å². The number of rotatable bonds is 7. The maximum absolute atomic E-state index is 12.6. The van der Waals surface area contributed by atoms with Crippen molar-refractivity contribution in [2.45, 2.75) is 58.0 Å². The minimum atomic E-state index is -0.250. The first kappa shape index (κ1) is 25.3. The van der Waals surface area contributed by atoms with Crippen molar-refractivity contribution in [3.8, 4) is 0 Å². The molecule has 2 aromatic rings. The Kier molecular flexibility index (Phi) is 9.58. The molecule has 0 bridgehead atoms. The molecule has 1 aliphatic rings. The molecule has 1 unspecified atom stereocenters. The van der Waals surface area contributed by atoms with Gasteiger partial charge in [0.25, 0.3) is 6.47 Å². The molecule has 0 aliphatic heterocycles. The minimum absolute atomic E-state index is 0.0164. The zero-order valence-corrected chi connectivity index (χ0v) is 19.4. The van der Waals surface area contributed by atoms with Gasteiger partial charge in [-0.15, -0.1) is 11.3 Å². The zero-order valence-electron chi connectivity index (χ0n) is 18.5. The third-order valence-corrected chi connectivity index (χ3v) is 6.49. The lowest BCUT2D eigenvalue weighted by Gasteiger charge is -2.29. The number of hydrogen-bond acceptors (Lipinski definition) is 6. The number of carboxylic acid groups (broad SMARTS) is 1. The molecule has 3 rings (SSSR count). The summed E-state index contributed by atoms with van der Waals surface area (Å²) >= 11 is 1.37. The number of hydrogen-bond donors (Lipinski definition) is 3. The molecule has 2 amide bonds. The number of amides is 2. The Morgan fingerprint density at radius 3 is 2.50 bits per heavy atom. The Labute approximate surface area is 191 Å². The van der Waals surface area contributed by atoms with Crippen LogP contribution in [0.1, 0.15) is 66.4 Å². The lowest BCUT2D eigenvalue weighted by Crippen LogP contribution is -2.41. The standard InChI is InChI=1S/C21H28N4O3S.CH2O2/c1-13(17-10-22-25(3)11-17)23-21(28)16-4-6-18(7-5-16)24-20(27)9-15-8-19(14(2)26)29-12-15;2-1-3/h8,10-13,16,18H,4-7,9H2,1-3H3,(H,23,28)(H,24,27);1H,(H,2,3). The number of ketones is 1. The molecule has 10 heteroatoms. The molecule has 0 saturated heterocycles. The van der Waals surface area contributed by atoms with Crippen molar-refractivity contribution in [3.05, 3.63) is 39.8 Å². The van der Waals surface area contributed by atoms with E-state index >= 15 is 0 Å². The summed E-state index contributed by atoms with van der Waals surface area (Å²) in [6.07, 6.45) is 7.09. The number of aromatic nitrogens is 2. The first-order valence-corrected chi connectivity index (χ1v) is 11.4. The Balaban J connectivity index is 0.00000114. The summed E-state index contributed by atoms with van der Waals surface area (Å²) in [5, 5.41) is 19.0. The van der Waals surface area contributed by atoms with E-state index in [0.717, 1.165) is 36.8 Å². The molecular weight excluding hydrogens is 432 g/mol. The number of carbonyl (C=O) groups is 4. The molecule has 3 N–H and O–H groups in total. The Morgan fingerprint density at radius 2 is 1.97 bits per heavy atom. The summed E-state index contributed by atoms with van der Waals surface area (Å²) in [4.78, 5) is 45.3. The first-order valence-electron chi connectivity index (χ1n) is 10.5. The van der Waals surface area contributed by atoms with Crippen molar-refractivity contribution >= 4 is 35.4 Å². The van der Waals surface area contributed by atoms with E-state index in [1.165, 1.54) is 18.3 Å². The van der Waals surface area contributed by atoms with Crippen molar-refractivity contribution in [3.63, 3.8) is 0 Å². The van der Waals surface area contributed by atoms with Crippen LogP contribution < -0.4 is 10.6 Å². The van der Waals surface area contributed by atoms with Crippen molar-refractivity contribution in [1.82, 2.24) is 20.4 Å². The van der Waals surface area contributed by atoms with Gasteiger partial charge in [0.2, 0.25) is 11.8 Å². The van der Waals surface area contributed by atoms with Crippen LogP contribution in [0.5, 0.6) is 0 Å². The number of carbonyl (C=O) groups excluding carboxylic acids is 3. The maximum atomic E-state index is 12.6. The number of Topliss-reactive ketones (excluding diaryl/α,β-unsaturated/α-hetero) is 1. The molecule has 1 fully saturated rings. The van der Waals surface area contributed by atoms with E-state index in [2.05, 4.69) is 15.7 Å². The third kappa shape index (κ3) is 7.60. The van der Waals surface area contributed by atoms with Crippen LogP contribution in [0.2, 0.25) is 0 Å². The molecule has 1 aliphatic carbocycles. The number of nitrogens with one attached hydrogen (secondary N) is 2. The van der Waals surface area contributed by atoms with Crippen molar-refractivity contribution in [2.24, 2.45) is 13.0 Å². The highest BCUT2D eigenvalue weighted by Crippen LogP contribution is 2.26. The van der Waals surface area contributed by atoms with Gasteiger partial charge in [0.1, 0.15) is 0 Å². The Hall–Kier alpha value is -3.01. The molecule has 0 spiro atoms. The van der Waals surface area contributed by atoms with E-state index in [0.29, 0.717) is 4.88 Å². The monoisotopic (exact) mass is 462 g/mol. The topological polar surface area (TPSA) is 130 Å². The van der Waals surface area contributed by atoms with E-state index < -0.39 is 0 Å². The summed E-state index contributed by atoms with van der Waals surface area (Å²) < 4.78 is 1.73. The Bertz CT molecular complexity index is 930. The maximum Gasteiger partial charge on any atom is 0.290 e. The molecule has 0 radical (unpaired) electrons. The molecule has 2 heterocycles. The van der Waals surface area contributed by atoms with E-state index in [9.17, 15) is 14.4 Å². The van der Waals surface area contributed by atoms with Gasteiger partial charge < -0.3 is 15.7 Å². The van der Waals surface area contributed by atoms with Crippen LogP contribution in [-0.4, -0.2) is 45.0 Å². The third-order valence-electron chi connectivity index (χ3n) is 5.41. The van der Waals surface area contributed by atoms with E-state index in [1.54, 1.807) is 16.9 Å². The van der Waals surface area contributed by atoms with Crippen LogP contribution in [0.15, 0.2) is 23.8 Å². The summed E-state index contributed by atoms with van der Waals surface area (Å²) in [5.41, 5.74) is 1.86. The van der Waals surface area contributed by atoms with Gasteiger partial charge in [-0.2, -0.15) is 5.10 Å². The molecule has 0 aromatic carbocycles. The SMILES string of the molecule is CC(=O)c1cc(CC(=O)NC2CCC(C(=O)NC(C)c3cnn(C)c3)CC2)cs1.O=CO. The fourth-order valence-electron chi connectivity index (χ4n) is 3.70. The van der Waals surface area contributed by atoms with Gasteiger partial charge in [-0.3, -0.25) is 23.9 Å². The van der Waals surface area contributed by atoms with Gasteiger partial charge in [-0.1, -0.05) is 0 Å². The number of thiophene rings is 1. The fourth-order valence-corrected chi connectivity index (χ4v) is 4.51. The van der Waals surface area contributed by atoms with Gasteiger partial charge in [-0.25, -0.2) is 0 Å². The van der Waals surface area contributed by atoms with Crippen molar-refractivity contribution < 1.29 is 24.3 Å². The van der Waals surface area contributed by atoms with E-state index in [-0.39, 0.29) is 48.5 Å². The highest BCUT2D eigenvalue weighted by atomic mass is 32.1. The largest absolute Gasteiger partial charge is 0.483 e. The zero-order chi connectivity index (χ0) is 23.7. The van der Waals surface area contributed by atoms with Gasteiger partial charge in [0.05, 0.1) is 23.5 Å². The Morgan fingerprint density at radius 1 is 1.31 bits per heavy atom. The van der Waals surface area contributed by atoms with Crippen LogP contribution in [-0.2, 0) is 27.9 Å². The molecule has 32 heavy (non-hydrogen) atoms. The second-order valence-electron chi connectivity index (χ2n) is 7.95. The van der Waals surface area contributed by atoms with E-state index in [4.69, 9.17) is 9.90 Å². The van der Waals surface area contributed by atoms with Crippen molar-refractivity contribution in [1.29, 1.82) is 0 Å². The number of aryl methyl sites for hydroxylation is 1. The summed E-state index contributed by atoms with van der Waals surface area (Å²) in [7, 11) is 1.86. The second kappa shape index (κ2) is 12.1. The fraction of sp³-hybridized carbons (Fsp3) is 0.500. The predicted molar refractivity (Wildman–Crippen MR) is 120 cm³/mol. The smallest absolute Gasteiger partial charge is 0.290 e. The quantitative estimate of drug-likeness (QED) is 0.428. The predicted octanol–water partition coefficient (Wildman–Crippen LogP) is 2.48. The van der Waals surface area contributed by atoms with Gasteiger partial charge >= 0.3 is 0 Å². The molecule has 174 valence electrons. The van der Waals surface area contributed by atoms with Crippen LogP contribution in [0, 0.1) is 5.92 Å². The minimum Gasteiger partial charge on any atom is -0.483 e. The van der Waals surface area contributed by atoms with Crippen LogP contribution >= 0.6 is 11.3 Å². The lowest BCUT2D eigenvalue weighted by molar-refractivity contribution is -0.127.